The Kier molecular flexibility index (Phi) is 4.98. The third-order valence-electron chi connectivity index (χ3n) is 4.04. The zero-order valence-electron chi connectivity index (χ0n) is 10.9. The molecule has 0 radical (unpaired) electrons. The van der Waals surface area contributed by atoms with E-state index in [-0.39, 0.29) is 54.5 Å². The molecule has 0 bridgehead atoms. The molecule has 1 fully saturated rings. The van der Waals surface area contributed by atoms with Crippen molar-refractivity contribution in [3.63, 3.8) is 0 Å². The predicted molar refractivity (Wildman–Crippen MR) is 75.2 cm³/mol. The Labute approximate surface area is 121 Å². The highest BCUT2D eigenvalue weighted by Gasteiger charge is 2.42. The molecule has 0 aromatic carbocycles. The van der Waals surface area contributed by atoms with Crippen LogP contribution in [0.25, 0.3) is 0 Å². The maximum Gasteiger partial charge on any atom is 0.157 e. The number of halogens is 1. The molecule has 1 aliphatic carbocycles. The zero-order valence-corrected chi connectivity index (χ0v) is 11.7. The van der Waals surface area contributed by atoms with E-state index in [4.69, 9.17) is 17.3 Å². The Morgan fingerprint density at radius 2 is 1.90 bits per heavy atom. The minimum atomic E-state index is -0.176. The van der Waals surface area contributed by atoms with Gasteiger partial charge in [-0.05, 0) is 18.3 Å². The lowest BCUT2D eigenvalue weighted by Crippen LogP contribution is -2.32. The van der Waals surface area contributed by atoms with Gasteiger partial charge in [-0.1, -0.05) is 11.6 Å². The molecule has 0 aliphatic heterocycles. The van der Waals surface area contributed by atoms with E-state index in [1.165, 1.54) is 6.33 Å². The summed E-state index contributed by atoms with van der Waals surface area (Å²) in [5, 5.41) is 31.6. The average molecular weight is 303 g/mol. The minimum Gasteiger partial charge on any atom is -0.396 e. The van der Waals surface area contributed by atoms with Crippen LogP contribution in [0.1, 0.15) is 6.42 Å². The second-order valence-corrected chi connectivity index (χ2v) is 5.41. The molecule has 112 valence electrons. The zero-order chi connectivity index (χ0) is 14.7. The van der Waals surface area contributed by atoms with Gasteiger partial charge in [-0.2, -0.15) is 0 Å². The standard InChI is InChI=1S/C12H19ClN4O3/c13-11-10(14)12(16-5-15-11)17-9-1-6(2-18)7(3-19)8(9)4-20/h5-9,18-20H,1-4,14H2,(H,15,16,17)/t6-,7-,8+,9-/m1/s1. The molecule has 1 heterocycles. The van der Waals surface area contributed by atoms with Gasteiger partial charge < -0.3 is 26.4 Å². The fraction of sp³-hybridized carbons (Fsp3) is 0.667. The maximum absolute atomic E-state index is 9.53. The lowest BCUT2D eigenvalue weighted by atomic mass is 9.90. The number of aliphatic hydroxyl groups excluding tert-OH is 3. The van der Waals surface area contributed by atoms with Crippen molar-refractivity contribution in [1.29, 1.82) is 0 Å². The van der Waals surface area contributed by atoms with E-state index in [0.717, 1.165) is 0 Å². The Morgan fingerprint density at radius 3 is 2.50 bits per heavy atom. The first-order valence-corrected chi connectivity index (χ1v) is 6.85. The number of aromatic nitrogens is 2. The van der Waals surface area contributed by atoms with Crippen molar-refractivity contribution in [2.75, 3.05) is 30.9 Å². The van der Waals surface area contributed by atoms with Gasteiger partial charge in [0.25, 0.3) is 0 Å². The van der Waals surface area contributed by atoms with Crippen LogP contribution in [-0.4, -0.2) is 51.2 Å². The molecule has 0 unspecified atom stereocenters. The molecule has 2 rings (SSSR count). The van der Waals surface area contributed by atoms with E-state index in [1.54, 1.807) is 0 Å². The highest BCUT2D eigenvalue weighted by Crippen LogP contribution is 2.39. The molecule has 1 aliphatic rings. The smallest absolute Gasteiger partial charge is 0.157 e. The first-order valence-electron chi connectivity index (χ1n) is 6.47. The SMILES string of the molecule is Nc1c(Cl)ncnc1N[C@@H]1C[C@H](CO)[C@@H](CO)[C@@H]1CO. The molecule has 0 saturated heterocycles. The number of nitrogens with zero attached hydrogens (tertiary/aromatic N) is 2. The predicted octanol–water partition coefficient (Wildman–Crippen LogP) is -0.278. The first-order chi connectivity index (χ1) is 9.62. The van der Waals surface area contributed by atoms with Gasteiger partial charge in [-0.15, -0.1) is 0 Å². The topological polar surface area (TPSA) is 125 Å². The summed E-state index contributed by atoms with van der Waals surface area (Å²) in [6.07, 6.45) is 1.92. The van der Waals surface area contributed by atoms with Crippen LogP contribution in [0.2, 0.25) is 5.15 Å². The van der Waals surface area contributed by atoms with Gasteiger partial charge in [0.05, 0.1) is 0 Å². The van der Waals surface area contributed by atoms with E-state index >= 15 is 0 Å². The maximum atomic E-state index is 9.53. The molecular formula is C12H19ClN4O3. The number of nitrogens with one attached hydrogen (secondary N) is 1. The van der Waals surface area contributed by atoms with Gasteiger partial charge in [0.2, 0.25) is 0 Å². The summed E-state index contributed by atoms with van der Waals surface area (Å²) in [6.45, 7) is -0.188. The van der Waals surface area contributed by atoms with Gasteiger partial charge in [-0.3, -0.25) is 0 Å². The Hall–Kier alpha value is -1.15. The van der Waals surface area contributed by atoms with Crippen molar-refractivity contribution in [3.05, 3.63) is 11.5 Å². The van der Waals surface area contributed by atoms with Crippen LogP contribution in [0.3, 0.4) is 0 Å². The van der Waals surface area contributed by atoms with Gasteiger partial charge in [-0.25, -0.2) is 9.97 Å². The minimum absolute atomic E-state index is 0.0279. The van der Waals surface area contributed by atoms with Crippen LogP contribution >= 0.6 is 11.6 Å². The fourth-order valence-corrected chi connectivity index (χ4v) is 3.04. The number of aliphatic hydroxyl groups is 3. The molecule has 1 aromatic rings. The van der Waals surface area contributed by atoms with Crippen molar-refractivity contribution >= 4 is 23.1 Å². The Morgan fingerprint density at radius 1 is 1.20 bits per heavy atom. The summed E-state index contributed by atoms with van der Waals surface area (Å²) in [5.74, 6) is 0.0169. The number of nitrogen functional groups attached to an aromatic ring is 1. The summed E-state index contributed by atoms with van der Waals surface area (Å²) in [7, 11) is 0. The summed E-state index contributed by atoms with van der Waals surface area (Å²) < 4.78 is 0. The third-order valence-corrected chi connectivity index (χ3v) is 4.34. The number of rotatable bonds is 5. The highest BCUT2D eigenvalue weighted by atomic mass is 35.5. The van der Waals surface area contributed by atoms with Crippen molar-refractivity contribution in [1.82, 2.24) is 9.97 Å². The molecule has 8 heteroatoms. The van der Waals surface area contributed by atoms with Gasteiger partial charge >= 0.3 is 0 Å². The van der Waals surface area contributed by atoms with E-state index in [9.17, 15) is 15.3 Å². The van der Waals surface area contributed by atoms with Crippen LogP contribution in [0.5, 0.6) is 0 Å². The lowest BCUT2D eigenvalue weighted by molar-refractivity contribution is 0.0913. The molecule has 0 amide bonds. The molecule has 0 spiro atoms. The fourth-order valence-electron chi connectivity index (χ4n) is 2.91. The quantitative estimate of drug-likeness (QED) is 0.474. The van der Waals surface area contributed by atoms with Crippen molar-refractivity contribution in [3.8, 4) is 0 Å². The van der Waals surface area contributed by atoms with Gasteiger partial charge in [0, 0.05) is 31.8 Å². The van der Waals surface area contributed by atoms with Crippen LogP contribution in [0.15, 0.2) is 6.33 Å². The average Bonchev–Trinajstić information content (AvgIpc) is 2.80. The molecule has 1 saturated carbocycles. The van der Waals surface area contributed by atoms with Crippen molar-refractivity contribution < 1.29 is 15.3 Å². The lowest BCUT2D eigenvalue weighted by Gasteiger charge is -2.24. The number of nitrogens with two attached hydrogens (primary N) is 1. The van der Waals surface area contributed by atoms with E-state index < -0.39 is 0 Å². The third kappa shape index (κ3) is 2.80. The normalized spacial score (nSPS) is 29.6. The largest absolute Gasteiger partial charge is 0.396 e. The van der Waals surface area contributed by atoms with Crippen molar-refractivity contribution in [2.45, 2.75) is 12.5 Å². The first kappa shape index (κ1) is 15.2. The summed E-state index contributed by atoms with van der Waals surface area (Å²) in [6, 6.07) is -0.137. The van der Waals surface area contributed by atoms with Crippen LogP contribution in [-0.2, 0) is 0 Å². The molecule has 6 N–H and O–H groups in total. The summed E-state index contributed by atoms with van der Waals surface area (Å²) >= 11 is 5.84. The second-order valence-electron chi connectivity index (χ2n) is 5.05. The number of hydrogen-bond donors (Lipinski definition) is 5. The molecule has 20 heavy (non-hydrogen) atoms. The second kappa shape index (κ2) is 6.53. The monoisotopic (exact) mass is 302 g/mol. The number of anilines is 2. The highest BCUT2D eigenvalue weighted by molar-refractivity contribution is 6.32. The molecular weight excluding hydrogens is 284 g/mol. The summed E-state index contributed by atoms with van der Waals surface area (Å²) in [4.78, 5) is 7.81. The molecule has 1 aromatic heterocycles. The van der Waals surface area contributed by atoms with E-state index in [2.05, 4.69) is 15.3 Å². The van der Waals surface area contributed by atoms with E-state index in [0.29, 0.717) is 12.2 Å². The Balaban J connectivity index is 2.18. The molecule has 7 nitrogen and oxygen atoms in total. The van der Waals surface area contributed by atoms with Crippen LogP contribution in [0, 0.1) is 17.8 Å². The Bertz CT molecular complexity index is 462. The summed E-state index contributed by atoms with van der Waals surface area (Å²) in [5.41, 5.74) is 6.05. The van der Waals surface area contributed by atoms with Gasteiger partial charge in [0.15, 0.2) is 11.0 Å². The van der Waals surface area contributed by atoms with Crippen LogP contribution < -0.4 is 11.1 Å². The van der Waals surface area contributed by atoms with E-state index in [1.807, 2.05) is 0 Å². The molecule has 4 atom stereocenters. The van der Waals surface area contributed by atoms with Gasteiger partial charge in [0.1, 0.15) is 12.0 Å². The van der Waals surface area contributed by atoms with Crippen LogP contribution in [0.4, 0.5) is 11.5 Å². The van der Waals surface area contributed by atoms with Crippen molar-refractivity contribution in [2.24, 2.45) is 17.8 Å². The number of hydrogen-bond acceptors (Lipinski definition) is 7.